The highest BCUT2D eigenvalue weighted by Gasteiger charge is 2.30. The van der Waals surface area contributed by atoms with Crippen molar-refractivity contribution in [3.8, 4) is 0 Å². The van der Waals surface area contributed by atoms with Crippen molar-refractivity contribution in [2.24, 2.45) is 5.92 Å². The summed E-state index contributed by atoms with van der Waals surface area (Å²) in [5.41, 5.74) is 0. The van der Waals surface area contributed by atoms with Crippen LogP contribution in [-0.2, 0) is 9.84 Å². The van der Waals surface area contributed by atoms with Crippen molar-refractivity contribution in [2.45, 2.75) is 38.4 Å². The van der Waals surface area contributed by atoms with E-state index in [1.807, 2.05) is 0 Å². The highest BCUT2D eigenvalue weighted by molar-refractivity contribution is 7.92. The minimum absolute atomic E-state index is 0.235. The first kappa shape index (κ1) is 14.9. The first-order valence-electron chi connectivity index (χ1n) is 6.32. The van der Waals surface area contributed by atoms with E-state index in [2.05, 4.69) is 4.90 Å². The largest absolute Gasteiger partial charge is 0.396 e. The first-order chi connectivity index (χ1) is 7.76. The minimum atomic E-state index is -3.01. The number of hydrogen-bond acceptors (Lipinski definition) is 4. The molecule has 1 aliphatic rings. The predicted octanol–water partition coefficient (Wildman–Crippen LogP) is 0.904. The van der Waals surface area contributed by atoms with Gasteiger partial charge in [0.2, 0.25) is 0 Å². The highest BCUT2D eigenvalue weighted by atomic mass is 32.2. The van der Waals surface area contributed by atoms with Crippen molar-refractivity contribution in [1.29, 1.82) is 0 Å². The fourth-order valence-electron chi connectivity index (χ4n) is 2.09. The molecule has 0 aromatic carbocycles. The summed E-state index contributed by atoms with van der Waals surface area (Å²) < 4.78 is 23.2. The zero-order valence-electron chi connectivity index (χ0n) is 11.1. The molecule has 0 aliphatic carbocycles. The fourth-order valence-corrected chi connectivity index (χ4v) is 3.20. The Kier molecular flexibility index (Phi) is 4.98. The van der Waals surface area contributed by atoms with Gasteiger partial charge in [0.15, 0.2) is 9.84 Å². The molecule has 0 amide bonds. The average molecular weight is 263 g/mol. The molecule has 1 N–H and O–H groups in total. The SMILES string of the molecule is CC(C)(C)S(=O)(=O)CCN1CCC(CCO)C1. The smallest absolute Gasteiger partial charge is 0.156 e. The molecule has 17 heavy (non-hydrogen) atoms. The van der Waals surface area contributed by atoms with Crippen LogP contribution in [0.25, 0.3) is 0 Å². The second-order valence-electron chi connectivity index (χ2n) is 5.90. The molecule has 1 rings (SSSR count). The van der Waals surface area contributed by atoms with Crippen LogP contribution in [0.5, 0.6) is 0 Å². The molecule has 0 radical (unpaired) electrons. The van der Waals surface area contributed by atoms with E-state index in [4.69, 9.17) is 5.11 Å². The maximum atomic E-state index is 11.9. The summed E-state index contributed by atoms with van der Waals surface area (Å²) in [5, 5.41) is 8.86. The van der Waals surface area contributed by atoms with Crippen molar-refractivity contribution in [1.82, 2.24) is 4.90 Å². The van der Waals surface area contributed by atoms with Crippen LogP contribution in [0.3, 0.4) is 0 Å². The van der Waals surface area contributed by atoms with Crippen molar-refractivity contribution < 1.29 is 13.5 Å². The van der Waals surface area contributed by atoms with Gasteiger partial charge in [0.25, 0.3) is 0 Å². The van der Waals surface area contributed by atoms with Crippen LogP contribution in [0, 0.1) is 5.92 Å². The predicted molar refractivity (Wildman–Crippen MR) is 69.8 cm³/mol. The Hall–Kier alpha value is -0.130. The molecule has 0 spiro atoms. The zero-order valence-corrected chi connectivity index (χ0v) is 12.0. The molecule has 0 saturated carbocycles. The number of aliphatic hydroxyl groups is 1. The summed E-state index contributed by atoms with van der Waals surface area (Å²) in [6.07, 6.45) is 1.92. The van der Waals surface area contributed by atoms with Crippen molar-refractivity contribution in [3.63, 3.8) is 0 Å². The number of aliphatic hydroxyl groups excluding tert-OH is 1. The van der Waals surface area contributed by atoms with Gasteiger partial charge in [-0.05, 0) is 46.1 Å². The molecular formula is C12H25NO3S. The third-order valence-corrected chi connectivity index (χ3v) is 6.10. The van der Waals surface area contributed by atoms with Crippen LogP contribution in [0.2, 0.25) is 0 Å². The quantitative estimate of drug-likeness (QED) is 0.801. The Morgan fingerprint density at radius 3 is 2.53 bits per heavy atom. The third-order valence-electron chi connectivity index (χ3n) is 3.52. The van der Waals surface area contributed by atoms with Crippen LogP contribution < -0.4 is 0 Å². The fraction of sp³-hybridized carbons (Fsp3) is 1.00. The molecule has 1 heterocycles. The molecule has 1 fully saturated rings. The number of hydrogen-bond donors (Lipinski definition) is 1. The van der Waals surface area contributed by atoms with Crippen molar-refractivity contribution in [3.05, 3.63) is 0 Å². The Morgan fingerprint density at radius 2 is 2.00 bits per heavy atom. The number of rotatable bonds is 5. The maximum absolute atomic E-state index is 11.9. The highest BCUT2D eigenvalue weighted by Crippen LogP contribution is 2.20. The van der Waals surface area contributed by atoms with Gasteiger partial charge >= 0.3 is 0 Å². The molecule has 4 nitrogen and oxygen atoms in total. The summed E-state index contributed by atoms with van der Waals surface area (Å²) in [6, 6.07) is 0. The second kappa shape index (κ2) is 5.67. The molecule has 0 bridgehead atoms. The van der Waals surface area contributed by atoms with Crippen molar-refractivity contribution >= 4 is 9.84 Å². The van der Waals surface area contributed by atoms with E-state index < -0.39 is 14.6 Å². The van der Waals surface area contributed by atoms with Crippen molar-refractivity contribution in [2.75, 3.05) is 32.0 Å². The summed E-state index contributed by atoms with van der Waals surface area (Å²) in [6.45, 7) is 8.01. The van der Waals surface area contributed by atoms with E-state index in [-0.39, 0.29) is 12.4 Å². The van der Waals surface area contributed by atoms with Crippen LogP contribution in [0.4, 0.5) is 0 Å². The van der Waals surface area contributed by atoms with Crippen LogP contribution >= 0.6 is 0 Å². The van der Waals surface area contributed by atoms with E-state index in [1.165, 1.54) is 0 Å². The summed E-state index contributed by atoms with van der Waals surface area (Å²) in [5.74, 6) is 0.778. The van der Waals surface area contributed by atoms with Gasteiger partial charge in [-0.25, -0.2) is 8.42 Å². The third kappa shape index (κ3) is 4.23. The Balaban J connectivity index is 2.38. The lowest BCUT2D eigenvalue weighted by atomic mass is 10.1. The van der Waals surface area contributed by atoms with Crippen LogP contribution in [-0.4, -0.2) is 55.2 Å². The van der Waals surface area contributed by atoms with E-state index >= 15 is 0 Å². The van der Waals surface area contributed by atoms with Gasteiger partial charge in [0.05, 0.1) is 10.5 Å². The maximum Gasteiger partial charge on any atom is 0.156 e. The van der Waals surface area contributed by atoms with E-state index in [0.29, 0.717) is 12.5 Å². The van der Waals surface area contributed by atoms with Crippen LogP contribution in [0.15, 0.2) is 0 Å². The summed E-state index contributed by atoms with van der Waals surface area (Å²) in [4.78, 5) is 2.20. The second-order valence-corrected chi connectivity index (χ2v) is 8.76. The van der Waals surface area contributed by atoms with Gasteiger partial charge in [-0.15, -0.1) is 0 Å². The molecule has 1 unspecified atom stereocenters. The number of sulfone groups is 1. The Morgan fingerprint density at radius 1 is 1.35 bits per heavy atom. The Labute approximate surface area is 105 Å². The molecular weight excluding hydrogens is 238 g/mol. The minimum Gasteiger partial charge on any atom is -0.396 e. The normalized spacial score (nSPS) is 23.2. The standard InChI is InChI=1S/C12H25NO3S/c1-12(2,3)17(15,16)9-7-13-6-4-11(10-13)5-8-14/h11,14H,4-10H2,1-3H3. The monoisotopic (exact) mass is 263 g/mol. The van der Waals surface area contributed by atoms with Crippen LogP contribution in [0.1, 0.15) is 33.6 Å². The summed E-state index contributed by atoms with van der Waals surface area (Å²) >= 11 is 0. The Bertz CT molecular complexity index is 332. The molecule has 5 heteroatoms. The molecule has 0 aromatic heterocycles. The lowest BCUT2D eigenvalue weighted by Gasteiger charge is -2.22. The lowest BCUT2D eigenvalue weighted by molar-refractivity contribution is 0.253. The molecule has 1 aliphatic heterocycles. The van der Waals surface area contributed by atoms with Gasteiger partial charge in [-0.3, -0.25) is 0 Å². The molecule has 1 saturated heterocycles. The average Bonchev–Trinajstić information content (AvgIpc) is 2.62. The van der Waals surface area contributed by atoms with Gasteiger partial charge < -0.3 is 10.0 Å². The topological polar surface area (TPSA) is 57.6 Å². The van der Waals surface area contributed by atoms with E-state index in [9.17, 15) is 8.42 Å². The van der Waals surface area contributed by atoms with Gasteiger partial charge in [-0.2, -0.15) is 0 Å². The summed E-state index contributed by atoms with van der Waals surface area (Å²) in [7, 11) is -3.01. The van der Waals surface area contributed by atoms with E-state index in [1.54, 1.807) is 20.8 Å². The van der Waals surface area contributed by atoms with Gasteiger partial charge in [-0.1, -0.05) is 0 Å². The van der Waals surface area contributed by atoms with Gasteiger partial charge in [0, 0.05) is 19.7 Å². The molecule has 1 atom stereocenters. The lowest BCUT2D eigenvalue weighted by Crippen LogP contribution is -2.36. The number of likely N-dealkylation sites (tertiary alicyclic amines) is 1. The first-order valence-corrected chi connectivity index (χ1v) is 7.97. The molecule has 0 aromatic rings. The van der Waals surface area contributed by atoms with E-state index in [0.717, 1.165) is 25.9 Å². The molecule has 102 valence electrons. The van der Waals surface area contributed by atoms with Gasteiger partial charge in [0.1, 0.15) is 0 Å². The zero-order chi connectivity index (χ0) is 13.1. The number of nitrogens with zero attached hydrogens (tertiary/aromatic N) is 1.